The molecule has 1 heterocycles. The predicted molar refractivity (Wildman–Crippen MR) is 90.6 cm³/mol. The fraction of sp³-hybridized carbons (Fsp3) is 0.842. The summed E-state index contributed by atoms with van der Waals surface area (Å²) in [5.74, 6) is 0.884. The molecule has 4 bridgehead atoms. The van der Waals surface area contributed by atoms with E-state index in [-0.39, 0.29) is 17.2 Å². The smallest absolute Gasteiger partial charge is 0.325 e. The molecule has 4 aliphatic carbocycles. The maximum Gasteiger partial charge on any atom is 0.325 e. The highest BCUT2D eigenvalue weighted by Crippen LogP contribution is 2.60. The van der Waals surface area contributed by atoms with Crippen molar-refractivity contribution in [3.63, 3.8) is 0 Å². The number of carbonyl (C=O) groups is 3. The average molecular weight is 348 g/mol. The second-order valence-corrected chi connectivity index (χ2v) is 8.92. The largest absolute Gasteiger partial charge is 0.480 e. The lowest BCUT2D eigenvalue weighted by Crippen LogP contribution is -2.58. The van der Waals surface area contributed by atoms with E-state index in [1.165, 1.54) is 26.2 Å². The van der Waals surface area contributed by atoms with E-state index in [0.717, 1.165) is 25.7 Å². The molecule has 2 amide bonds. The first-order valence-electron chi connectivity index (χ1n) is 9.72. The zero-order valence-electron chi connectivity index (χ0n) is 14.9. The summed E-state index contributed by atoms with van der Waals surface area (Å²) in [5.41, 5.74) is -0.240. The summed E-state index contributed by atoms with van der Waals surface area (Å²) in [4.78, 5) is 38.8. The van der Waals surface area contributed by atoms with Crippen LogP contribution in [0, 0.1) is 23.2 Å². The van der Waals surface area contributed by atoms with Crippen LogP contribution >= 0.6 is 0 Å². The zero-order valence-corrected chi connectivity index (χ0v) is 14.9. The number of likely N-dealkylation sites (tertiary alicyclic amines) is 1. The number of amides is 2. The molecule has 0 aromatic rings. The number of carboxylic acids is 1. The average Bonchev–Trinajstić information content (AvgIpc) is 3.02. The Labute approximate surface area is 148 Å². The van der Waals surface area contributed by atoms with Gasteiger partial charge in [0.1, 0.15) is 12.1 Å². The highest BCUT2D eigenvalue weighted by atomic mass is 16.4. The molecule has 0 aromatic heterocycles. The van der Waals surface area contributed by atoms with E-state index in [2.05, 4.69) is 5.32 Å². The number of carboxylic acid groups (broad SMARTS) is 1. The van der Waals surface area contributed by atoms with E-state index >= 15 is 0 Å². The molecule has 5 fully saturated rings. The normalized spacial score (nSPS) is 40.1. The van der Waals surface area contributed by atoms with Gasteiger partial charge in [-0.3, -0.25) is 14.4 Å². The fourth-order valence-corrected chi connectivity index (χ4v) is 6.33. The van der Waals surface area contributed by atoms with Crippen LogP contribution < -0.4 is 5.32 Å². The highest BCUT2D eigenvalue weighted by Gasteiger charge is 2.56. The number of nitrogens with one attached hydrogen (secondary N) is 1. The standard InChI is InChI=1S/C19H28N2O4/c1-11(17(23)24)20-16(22)15-3-2-4-21(15)18(25)19-8-12-5-13(9-19)7-14(6-12)10-19/h11-15H,2-10H2,1H3,(H,20,22)(H,23,24)/t11-,12?,13?,14?,15?,19?/m0/s1. The van der Waals surface area contributed by atoms with E-state index in [0.29, 0.717) is 30.7 Å². The monoisotopic (exact) mass is 348 g/mol. The quantitative estimate of drug-likeness (QED) is 0.811. The lowest BCUT2D eigenvalue weighted by molar-refractivity contribution is -0.160. The molecule has 1 saturated heterocycles. The van der Waals surface area contributed by atoms with Crippen molar-refractivity contribution in [3.8, 4) is 0 Å². The van der Waals surface area contributed by atoms with Crippen molar-refractivity contribution in [2.24, 2.45) is 23.2 Å². The van der Waals surface area contributed by atoms with Crippen LogP contribution in [0.15, 0.2) is 0 Å². The summed E-state index contributed by atoms with van der Waals surface area (Å²) in [6.45, 7) is 2.08. The molecule has 5 aliphatic rings. The Balaban J connectivity index is 1.49. The Morgan fingerprint density at radius 2 is 1.64 bits per heavy atom. The molecular weight excluding hydrogens is 320 g/mol. The van der Waals surface area contributed by atoms with Crippen molar-refractivity contribution in [2.75, 3.05) is 6.54 Å². The van der Waals surface area contributed by atoms with Crippen molar-refractivity contribution >= 4 is 17.8 Å². The van der Waals surface area contributed by atoms with Gasteiger partial charge in [0.15, 0.2) is 0 Å². The van der Waals surface area contributed by atoms with Crippen molar-refractivity contribution in [3.05, 3.63) is 0 Å². The third kappa shape index (κ3) is 2.83. The maximum atomic E-state index is 13.5. The Kier molecular flexibility index (Phi) is 4.04. The minimum absolute atomic E-state index is 0.173. The van der Waals surface area contributed by atoms with Gasteiger partial charge in [0, 0.05) is 6.54 Å². The van der Waals surface area contributed by atoms with Crippen LogP contribution in [-0.4, -0.2) is 46.4 Å². The molecule has 6 heteroatoms. The molecule has 138 valence electrons. The van der Waals surface area contributed by atoms with Gasteiger partial charge in [-0.05, 0) is 76.0 Å². The number of hydrogen-bond acceptors (Lipinski definition) is 3. The minimum atomic E-state index is -1.05. The second kappa shape index (κ2) is 5.99. The molecule has 2 atom stereocenters. The number of nitrogens with zero attached hydrogens (tertiary/aromatic N) is 1. The molecule has 0 radical (unpaired) electrons. The summed E-state index contributed by atoms with van der Waals surface area (Å²) < 4.78 is 0. The number of rotatable bonds is 4. The number of hydrogen-bond donors (Lipinski definition) is 2. The van der Waals surface area contributed by atoms with Crippen LogP contribution in [0.25, 0.3) is 0 Å². The highest BCUT2D eigenvalue weighted by molar-refractivity contribution is 5.92. The number of carbonyl (C=O) groups excluding carboxylic acids is 2. The molecule has 25 heavy (non-hydrogen) atoms. The zero-order chi connectivity index (χ0) is 17.8. The molecule has 6 nitrogen and oxygen atoms in total. The van der Waals surface area contributed by atoms with Gasteiger partial charge in [0.2, 0.25) is 11.8 Å². The summed E-state index contributed by atoms with van der Waals surface area (Å²) in [6.07, 6.45) is 8.29. The Morgan fingerprint density at radius 1 is 1.08 bits per heavy atom. The summed E-state index contributed by atoms with van der Waals surface area (Å²) >= 11 is 0. The Hall–Kier alpha value is -1.59. The molecule has 1 aliphatic heterocycles. The summed E-state index contributed by atoms with van der Waals surface area (Å²) in [5, 5.41) is 11.6. The van der Waals surface area contributed by atoms with Crippen molar-refractivity contribution in [1.82, 2.24) is 10.2 Å². The Morgan fingerprint density at radius 3 is 2.16 bits per heavy atom. The third-order valence-corrected chi connectivity index (χ3v) is 7.04. The third-order valence-electron chi connectivity index (χ3n) is 7.04. The van der Waals surface area contributed by atoms with Crippen LogP contribution in [0.3, 0.4) is 0 Å². The van der Waals surface area contributed by atoms with Crippen LogP contribution in [-0.2, 0) is 14.4 Å². The lowest BCUT2D eigenvalue weighted by atomic mass is 9.49. The van der Waals surface area contributed by atoms with Crippen LogP contribution in [0.5, 0.6) is 0 Å². The van der Waals surface area contributed by atoms with Crippen LogP contribution in [0.4, 0.5) is 0 Å². The molecule has 2 N–H and O–H groups in total. The second-order valence-electron chi connectivity index (χ2n) is 8.92. The minimum Gasteiger partial charge on any atom is -0.480 e. The van der Waals surface area contributed by atoms with Gasteiger partial charge >= 0.3 is 5.97 Å². The predicted octanol–water partition coefficient (Wildman–Crippen LogP) is 1.78. The van der Waals surface area contributed by atoms with Gasteiger partial charge in [0.05, 0.1) is 5.41 Å². The van der Waals surface area contributed by atoms with Gasteiger partial charge in [0.25, 0.3) is 0 Å². The SMILES string of the molecule is C[C@H](NC(=O)C1CCCN1C(=O)C12CC3CC(CC(C3)C1)C2)C(=O)O. The van der Waals surface area contributed by atoms with Crippen LogP contribution in [0.2, 0.25) is 0 Å². The molecule has 0 spiro atoms. The molecule has 1 unspecified atom stereocenters. The molecular formula is C19H28N2O4. The van der Waals surface area contributed by atoms with Crippen molar-refractivity contribution in [2.45, 2.75) is 70.4 Å². The van der Waals surface area contributed by atoms with Gasteiger partial charge in [-0.15, -0.1) is 0 Å². The van der Waals surface area contributed by atoms with Gasteiger partial charge in [-0.2, -0.15) is 0 Å². The van der Waals surface area contributed by atoms with E-state index in [1.807, 2.05) is 0 Å². The molecule has 4 saturated carbocycles. The lowest BCUT2D eigenvalue weighted by Gasteiger charge is -2.56. The molecule has 0 aromatic carbocycles. The summed E-state index contributed by atoms with van der Waals surface area (Å²) in [7, 11) is 0. The van der Waals surface area contributed by atoms with Crippen molar-refractivity contribution < 1.29 is 19.5 Å². The van der Waals surface area contributed by atoms with E-state index < -0.39 is 18.1 Å². The van der Waals surface area contributed by atoms with Gasteiger partial charge in [-0.25, -0.2) is 0 Å². The van der Waals surface area contributed by atoms with E-state index in [9.17, 15) is 14.4 Å². The van der Waals surface area contributed by atoms with Crippen LogP contribution in [0.1, 0.15) is 58.3 Å². The molecule has 5 rings (SSSR count). The maximum absolute atomic E-state index is 13.5. The van der Waals surface area contributed by atoms with E-state index in [4.69, 9.17) is 5.11 Å². The number of aliphatic carboxylic acids is 1. The Bertz CT molecular complexity index is 567. The first-order chi connectivity index (χ1) is 11.9. The fourth-order valence-electron chi connectivity index (χ4n) is 6.33. The topological polar surface area (TPSA) is 86.7 Å². The summed E-state index contributed by atoms with van der Waals surface area (Å²) in [6, 6.07) is -1.42. The first-order valence-corrected chi connectivity index (χ1v) is 9.72. The first kappa shape index (κ1) is 16.9. The van der Waals surface area contributed by atoms with Gasteiger partial charge < -0.3 is 15.3 Å². The van der Waals surface area contributed by atoms with E-state index in [1.54, 1.807) is 4.90 Å². The van der Waals surface area contributed by atoms with Gasteiger partial charge in [-0.1, -0.05) is 0 Å². The van der Waals surface area contributed by atoms with Crippen molar-refractivity contribution in [1.29, 1.82) is 0 Å².